The van der Waals surface area contributed by atoms with Crippen molar-refractivity contribution in [3.8, 4) is 0 Å². The van der Waals surface area contributed by atoms with Crippen LogP contribution >= 0.6 is 0 Å². The number of hydrogen-bond acceptors (Lipinski definition) is 6. The average Bonchev–Trinajstić information content (AvgIpc) is 3.36. The first-order chi connectivity index (χ1) is 21.8. The van der Waals surface area contributed by atoms with Crippen LogP contribution in [0.3, 0.4) is 0 Å². The Morgan fingerprint density at radius 1 is 1.02 bits per heavy atom. The average molecular weight is 650 g/mol. The molecule has 248 valence electrons. The van der Waals surface area contributed by atoms with Gasteiger partial charge in [-0.3, -0.25) is 9.35 Å². The molecule has 2 heterocycles. The molecular weight excluding hydrogens is 600 g/mol. The van der Waals surface area contributed by atoms with Crippen LogP contribution in [0.2, 0.25) is 0 Å². The fourth-order valence-electron chi connectivity index (χ4n) is 6.51. The smallest absolute Gasteiger partial charge is 0.294 e. The maximum absolute atomic E-state index is 12.0. The normalized spacial score (nSPS) is 17.8. The number of amides is 1. The molecule has 0 saturated heterocycles. The molecule has 2 aliphatic heterocycles. The lowest BCUT2D eigenvalue weighted by atomic mass is 9.81. The van der Waals surface area contributed by atoms with Gasteiger partial charge in [-0.05, 0) is 56.5 Å². The lowest BCUT2D eigenvalue weighted by molar-refractivity contribution is -0.441. The lowest BCUT2D eigenvalue weighted by Gasteiger charge is -2.27. The van der Waals surface area contributed by atoms with E-state index >= 15 is 0 Å². The summed E-state index contributed by atoms with van der Waals surface area (Å²) >= 11 is 0. The van der Waals surface area contributed by atoms with Gasteiger partial charge in [0.1, 0.15) is 6.61 Å². The third-order valence-corrected chi connectivity index (χ3v) is 9.81. The molecule has 9 nitrogen and oxygen atoms in total. The standard InChI is InChI=1S/C36H48N4O5S/c1-35(2)28-14-11-12-15-30(28)40(24-25-45-5)32(35)16-8-6-9-17-33-36(3,4)29-26-27(46(42,43)44)19-20-31(29)39(33)23-13-7-10-18-34(41)38-22-21-37/h6,8-9,11-12,14-17,19-20,26H,7,10,13,18,21-25,37H2,1-5H3,(H-,38,41,42,43,44)/p+1. The SMILES string of the molecule is COCC[N+]1=C(/C=C/C=C/C=C2/N(CCCCCC(=O)NCCN)c3ccc(S(=O)(=O)O)cc3C2(C)C)C(C)(C)c2ccccc21. The van der Waals surface area contributed by atoms with E-state index in [1.165, 1.54) is 23.0 Å². The highest BCUT2D eigenvalue weighted by molar-refractivity contribution is 7.85. The molecule has 4 rings (SSSR count). The first kappa shape index (κ1) is 35.3. The summed E-state index contributed by atoms with van der Waals surface area (Å²) in [5, 5.41) is 2.81. The molecule has 10 heteroatoms. The Bertz CT molecular complexity index is 1650. The number of anilines is 1. The number of rotatable bonds is 15. The number of methoxy groups -OCH3 is 1. The van der Waals surface area contributed by atoms with Crippen LogP contribution < -0.4 is 16.0 Å². The monoisotopic (exact) mass is 649 g/mol. The summed E-state index contributed by atoms with van der Waals surface area (Å²) in [7, 11) is -2.62. The van der Waals surface area contributed by atoms with Crippen molar-refractivity contribution in [3.63, 3.8) is 0 Å². The highest BCUT2D eigenvalue weighted by atomic mass is 32.2. The van der Waals surface area contributed by atoms with Crippen LogP contribution in [0.5, 0.6) is 0 Å². The summed E-state index contributed by atoms with van der Waals surface area (Å²) in [6.07, 6.45) is 13.3. The van der Waals surface area contributed by atoms with E-state index in [-0.39, 0.29) is 16.2 Å². The van der Waals surface area contributed by atoms with Crippen LogP contribution in [0.25, 0.3) is 0 Å². The quantitative estimate of drug-likeness (QED) is 0.102. The van der Waals surface area contributed by atoms with Gasteiger partial charge in [-0.25, -0.2) is 0 Å². The Morgan fingerprint density at radius 3 is 2.50 bits per heavy atom. The fraction of sp³-hybridized carbons (Fsp3) is 0.444. The van der Waals surface area contributed by atoms with E-state index < -0.39 is 15.5 Å². The molecule has 2 aromatic carbocycles. The number of carbonyl (C=O) groups is 1. The zero-order valence-corrected chi connectivity index (χ0v) is 28.6. The Hall–Kier alpha value is -3.57. The van der Waals surface area contributed by atoms with Gasteiger partial charge >= 0.3 is 0 Å². The molecule has 0 bridgehead atoms. The number of hydrogen-bond donors (Lipinski definition) is 3. The largest absolute Gasteiger partial charge is 0.378 e. The van der Waals surface area contributed by atoms with Gasteiger partial charge in [0.05, 0.1) is 10.3 Å². The molecule has 0 radical (unpaired) electrons. The first-order valence-electron chi connectivity index (χ1n) is 16.0. The molecule has 4 N–H and O–H groups in total. The lowest BCUT2D eigenvalue weighted by Crippen LogP contribution is -2.29. The van der Waals surface area contributed by atoms with Crippen molar-refractivity contribution in [1.82, 2.24) is 5.32 Å². The predicted octanol–water partition coefficient (Wildman–Crippen LogP) is 5.39. The van der Waals surface area contributed by atoms with Crippen LogP contribution in [0.1, 0.15) is 64.5 Å². The third-order valence-electron chi connectivity index (χ3n) is 8.96. The second-order valence-electron chi connectivity index (χ2n) is 12.8. The summed E-state index contributed by atoms with van der Waals surface area (Å²) in [5.41, 5.74) is 11.3. The van der Waals surface area contributed by atoms with E-state index in [1.54, 1.807) is 19.2 Å². The van der Waals surface area contributed by atoms with Gasteiger partial charge in [-0.15, -0.1) is 0 Å². The van der Waals surface area contributed by atoms with Crippen molar-refractivity contribution >= 4 is 33.1 Å². The molecule has 0 unspecified atom stereocenters. The summed E-state index contributed by atoms with van der Waals surface area (Å²) < 4.78 is 41.4. The van der Waals surface area contributed by atoms with Crippen LogP contribution in [0.4, 0.5) is 11.4 Å². The Morgan fingerprint density at radius 2 is 1.78 bits per heavy atom. The van der Waals surface area contributed by atoms with Crippen LogP contribution in [0, 0.1) is 0 Å². The highest BCUT2D eigenvalue weighted by Gasteiger charge is 2.44. The van der Waals surface area contributed by atoms with Crippen molar-refractivity contribution < 1.29 is 27.1 Å². The zero-order chi connectivity index (χ0) is 33.5. The van der Waals surface area contributed by atoms with Crippen molar-refractivity contribution in [3.05, 3.63) is 89.7 Å². The van der Waals surface area contributed by atoms with Crippen LogP contribution in [-0.4, -0.2) is 69.1 Å². The topological polar surface area (TPSA) is 125 Å². The number of fused-ring (bicyclic) bond motifs is 2. The number of allylic oxidation sites excluding steroid dienone is 6. The maximum Gasteiger partial charge on any atom is 0.294 e. The molecule has 0 saturated carbocycles. The summed E-state index contributed by atoms with van der Waals surface area (Å²) in [6, 6.07) is 13.3. The second-order valence-corrected chi connectivity index (χ2v) is 14.3. The third kappa shape index (κ3) is 7.69. The van der Waals surface area contributed by atoms with E-state index in [1.807, 2.05) is 12.2 Å². The zero-order valence-electron chi connectivity index (χ0n) is 27.8. The van der Waals surface area contributed by atoms with Gasteiger partial charge in [0.2, 0.25) is 11.6 Å². The Labute approximate surface area is 274 Å². The number of nitrogens with one attached hydrogen (secondary N) is 1. The number of para-hydroxylation sites is 1. The number of ether oxygens (including phenoxy) is 1. The molecule has 0 spiro atoms. The molecule has 0 atom stereocenters. The number of nitrogens with two attached hydrogens (primary N) is 1. The molecule has 46 heavy (non-hydrogen) atoms. The Kier molecular flexibility index (Phi) is 11.4. The predicted molar refractivity (Wildman–Crippen MR) is 185 cm³/mol. The van der Waals surface area contributed by atoms with Gasteiger partial charge in [0.15, 0.2) is 12.3 Å². The molecule has 2 aliphatic rings. The van der Waals surface area contributed by atoms with E-state index in [4.69, 9.17) is 10.5 Å². The minimum Gasteiger partial charge on any atom is -0.378 e. The van der Waals surface area contributed by atoms with Crippen molar-refractivity contribution in [1.29, 1.82) is 0 Å². The minimum atomic E-state index is -4.34. The molecule has 2 aromatic rings. The molecule has 1 amide bonds. The van der Waals surface area contributed by atoms with Gasteiger partial charge in [0, 0.05) is 67.7 Å². The summed E-state index contributed by atoms with van der Waals surface area (Å²) in [5.74, 6) is 0.0134. The number of nitrogens with zero attached hydrogens (tertiary/aromatic N) is 2. The molecule has 0 aliphatic carbocycles. The number of carbonyl (C=O) groups excluding carboxylic acids is 1. The second kappa shape index (κ2) is 14.9. The molecule has 0 aromatic heterocycles. The van der Waals surface area contributed by atoms with Crippen molar-refractivity contribution in [2.24, 2.45) is 5.73 Å². The van der Waals surface area contributed by atoms with E-state index in [9.17, 15) is 17.8 Å². The minimum absolute atomic E-state index is 0.0134. The van der Waals surface area contributed by atoms with Gasteiger partial charge in [-0.2, -0.15) is 13.0 Å². The summed E-state index contributed by atoms with van der Waals surface area (Å²) in [4.78, 5) is 14.1. The fourth-order valence-corrected chi connectivity index (χ4v) is 7.02. The van der Waals surface area contributed by atoms with Crippen LogP contribution in [0.15, 0.2) is 83.4 Å². The maximum atomic E-state index is 12.0. The van der Waals surface area contributed by atoms with Gasteiger partial charge in [0.25, 0.3) is 10.1 Å². The number of benzene rings is 2. The van der Waals surface area contributed by atoms with E-state index in [0.717, 1.165) is 42.8 Å². The molecular formula is C36H49N4O5S+. The Balaban J connectivity index is 1.58. The van der Waals surface area contributed by atoms with Gasteiger partial charge in [-0.1, -0.05) is 56.7 Å². The van der Waals surface area contributed by atoms with Crippen molar-refractivity contribution in [2.45, 2.75) is 69.1 Å². The van der Waals surface area contributed by atoms with E-state index in [0.29, 0.717) is 32.7 Å². The molecule has 0 fully saturated rings. The van der Waals surface area contributed by atoms with E-state index in [2.05, 4.69) is 85.0 Å². The highest BCUT2D eigenvalue weighted by Crippen LogP contribution is 2.48. The summed E-state index contributed by atoms with van der Waals surface area (Å²) in [6.45, 7) is 11.6. The number of unbranched alkanes of at least 4 members (excludes halogenated alkanes) is 2. The van der Waals surface area contributed by atoms with Crippen LogP contribution in [-0.2, 0) is 30.5 Å². The van der Waals surface area contributed by atoms with Gasteiger partial charge < -0.3 is 20.7 Å². The first-order valence-corrected chi connectivity index (χ1v) is 17.4. The van der Waals surface area contributed by atoms with Crippen molar-refractivity contribution in [2.75, 3.05) is 44.8 Å².